The fraction of sp³-hybridized carbons (Fsp3) is 0.238. The maximum Gasteiger partial charge on any atom is 0.271 e. The van der Waals surface area contributed by atoms with E-state index < -0.39 is 5.91 Å². The lowest BCUT2D eigenvalue weighted by Gasteiger charge is -2.25. The van der Waals surface area contributed by atoms with Crippen molar-refractivity contribution >= 4 is 23.2 Å². The predicted molar refractivity (Wildman–Crippen MR) is 111 cm³/mol. The first kappa shape index (κ1) is 18.8. The molecule has 1 aliphatic heterocycles. The molecule has 8 heteroatoms. The van der Waals surface area contributed by atoms with Crippen LogP contribution in [-0.4, -0.2) is 40.1 Å². The highest BCUT2D eigenvalue weighted by molar-refractivity contribution is 5.97. The average molecular weight is 390 g/mol. The Morgan fingerprint density at radius 2 is 1.72 bits per heavy atom. The van der Waals surface area contributed by atoms with Crippen LogP contribution in [0.4, 0.5) is 17.3 Å². The Morgan fingerprint density at radius 3 is 2.41 bits per heavy atom. The van der Waals surface area contributed by atoms with E-state index in [9.17, 15) is 4.79 Å². The first-order valence-electron chi connectivity index (χ1n) is 9.49. The van der Waals surface area contributed by atoms with Crippen LogP contribution in [0.2, 0.25) is 0 Å². The molecule has 3 heterocycles. The molecule has 0 bridgehead atoms. The number of pyridine rings is 1. The van der Waals surface area contributed by atoms with Gasteiger partial charge in [0.05, 0.1) is 0 Å². The minimum atomic E-state index is -0.649. The lowest BCUT2D eigenvalue weighted by Crippen LogP contribution is -2.29. The molecule has 0 unspecified atom stereocenters. The van der Waals surface area contributed by atoms with E-state index in [0.29, 0.717) is 30.5 Å². The number of aromatic nitrogens is 3. The summed E-state index contributed by atoms with van der Waals surface area (Å²) in [4.78, 5) is 25.5. The Morgan fingerprint density at radius 1 is 1.00 bits per heavy atom. The number of hydrogen-bond acceptors (Lipinski definition) is 7. The number of para-hydroxylation sites is 1. The van der Waals surface area contributed by atoms with Gasteiger partial charge in [0.25, 0.3) is 5.91 Å². The zero-order chi connectivity index (χ0) is 20.1. The number of benzene rings is 1. The van der Waals surface area contributed by atoms with Crippen molar-refractivity contribution in [2.75, 3.05) is 23.8 Å². The highest BCUT2D eigenvalue weighted by atomic mass is 16.5. The van der Waals surface area contributed by atoms with Gasteiger partial charge in [-0.3, -0.25) is 9.78 Å². The maximum atomic E-state index is 12.1. The van der Waals surface area contributed by atoms with Crippen molar-refractivity contribution in [2.24, 2.45) is 5.73 Å². The second kappa shape index (κ2) is 8.66. The average Bonchev–Trinajstić information content (AvgIpc) is 2.76. The zero-order valence-corrected chi connectivity index (χ0v) is 15.8. The summed E-state index contributed by atoms with van der Waals surface area (Å²) < 4.78 is 5.45. The SMILES string of the molecule is NC(=O)c1nc(-c2ccncc2)c(NC2CCOCC2)nc1Nc1ccccc1. The zero-order valence-electron chi connectivity index (χ0n) is 15.8. The lowest BCUT2D eigenvalue weighted by molar-refractivity contribution is 0.0904. The number of amides is 1. The van der Waals surface area contributed by atoms with Gasteiger partial charge in [0.2, 0.25) is 0 Å². The first-order chi connectivity index (χ1) is 14.2. The summed E-state index contributed by atoms with van der Waals surface area (Å²) in [6.45, 7) is 1.40. The van der Waals surface area contributed by atoms with Crippen LogP contribution in [0.3, 0.4) is 0 Å². The highest BCUT2D eigenvalue weighted by Crippen LogP contribution is 2.30. The van der Waals surface area contributed by atoms with Gasteiger partial charge in [-0.25, -0.2) is 9.97 Å². The third kappa shape index (κ3) is 4.49. The first-order valence-corrected chi connectivity index (χ1v) is 9.49. The normalized spacial score (nSPS) is 14.3. The second-order valence-electron chi connectivity index (χ2n) is 6.74. The molecular formula is C21H22N6O2. The van der Waals surface area contributed by atoms with Crippen molar-refractivity contribution in [3.63, 3.8) is 0 Å². The maximum absolute atomic E-state index is 12.1. The Labute approximate surface area is 168 Å². The van der Waals surface area contributed by atoms with Crippen LogP contribution in [0, 0.1) is 0 Å². The molecule has 1 saturated heterocycles. The molecule has 4 N–H and O–H groups in total. The van der Waals surface area contributed by atoms with Crippen molar-refractivity contribution in [1.82, 2.24) is 15.0 Å². The van der Waals surface area contributed by atoms with Crippen LogP contribution >= 0.6 is 0 Å². The number of ether oxygens (including phenoxy) is 1. The van der Waals surface area contributed by atoms with Gasteiger partial charge in [0.1, 0.15) is 5.69 Å². The van der Waals surface area contributed by atoms with Crippen molar-refractivity contribution in [2.45, 2.75) is 18.9 Å². The van der Waals surface area contributed by atoms with Crippen molar-refractivity contribution in [3.8, 4) is 11.3 Å². The van der Waals surface area contributed by atoms with E-state index in [2.05, 4.69) is 20.6 Å². The van der Waals surface area contributed by atoms with Crippen LogP contribution in [0.1, 0.15) is 23.3 Å². The summed E-state index contributed by atoms with van der Waals surface area (Å²) in [7, 11) is 0. The van der Waals surface area contributed by atoms with Gasteiger partial charge in [-0.1, -0.05) is 18.2 Å². The molecule has 2 aromatic heterocycles. The molecule has 0 atom stereocenters. The molecule has 1 aromatic carbocycles. The number of rotatable bonds is 6. The predicted octanol–water partition coefficient (Wildman–Crippen LogP) is 2.97. The number of anilines is 3. The largest absolute Gasteiger partial charge is 0.381 e. The monoisotopic (exact) mass is 390 g/mol. The molecule has 8 nitrogen and oxygen atoms in total. The molecule has 29 heavy (non-hydrogen) atoms. The van der Waals surface area contributed by atoms with Gasteiger partial charge in [-0.2, -0.15) is 0 Å². The van der Waals surface area contributed by atoms with E-state index in [1.54, 1.807) is 12.4 Å². The van der Waals surface area contributed by atoms with Gasteiger partial charge in [-0.05, 0) is 37.1 Å². The van der Waals surface area contributed by atoms with E-state index in [1.165, 1.54) is 0 Å². The van der Waals surface area contributed by atoms with E-state index in [0.717, 1.165) is 24.1 Å². The molecule has 1 amide bonds. The summed E-state index contributed by atoms with van der Waals surface area (Å²) in [6.07, 6.45) is 5.09. The van der Waals surface area contributed by atoms with E-state index >= 15 is 0 Å². The fourth-order valence-electron chi connectivity index (χ4n) is 3.20. The Kier molecular flexibility index (Phi) is 5.62. The molecule has 1 fully saturated rings. The smallest absolute Gasteiger partial charge is 0.271 e. The summed E-state index contributed by atoms with van der Waals surface area (Å²) in [5, 5.41) is 6.63. The van der Waals surface area contributed by atoms with Gasteiger partial charge in [0.15, 0.2) is 17.3 Å². The van der Waals surface area contributed by atoms with Crippen molar-refractivity contribution in [1.29, 1.82) is 0 Å². The summed E-state index contributed by atoms with van der Waals surface area (Å²) >= 11 is 0. The Bertz CT molecular complexity index is 975. The lowest BCUT2D eigenvalue weighted by atomic mass is 10.1. The Balaban J connectivity index is 1.78. The quantitative estimate of drug-likeness (QED) is 0.593. The molecule has 1 aliphatic rings. The van der Waals surface area contributed by atoms with E-state index in [-0.39, 0.29) is 11.7 Å². The van der Waals surface area contributed by atoms with Crippen LogP contribution < -0.4 is 16.4 Å². The third-order valence-corrected chi connectivity index (χ3v) is 4.68. The minimum Gasteiger partial charge on any atom is -0.381 e. The molecule has 3 aromatic rings. The summed E-state index contributed by atoms with van der Waals surface area (Å²) in [5.74, 6) is 0.256. The van der Waals surface area contributed by atoms with Crippen molar-refractivity contribution in [3.05, 3.63) is 60.6 Å². The molecule has 0 saturated carbocycles. The number of hydrogen-bond donors (Lipinski definition) is 3. The topological polar surface area (TPSA) is 115 Å². The molecule has 4 rings (SSSR count). The van der Waals surface area contributed by atoms with Crippen LogP contribution in [0.15, 0.2) is 54.9 Å². The van der Waals surface area contributed by atoms with E-state index in [1.807, 2.05) is 42.5 Å². The second-order valence-corrected chi connectivity index (χ2v) is 6.74. The number of nitrogens with one attached hydrogen (secondary N) is 2. The molecule has 0 spiro atoms. The van der Waals surface area contributed by atoms with E-state index in [4.69, 9.17) is 15.5 Å². The van der Waals surface area contributed by atoms with Gasteiger partial charge in [-0.15, -0.1) is 0 Å². The molecular weight excluding hydrogens is 368 g/mol. The van der Waals surface area contributed by atoms with Crippen LogP contribution in [0.5, 0.6) is 0 Å². The number of carbonyl (C=O) groups excluding carboxylic acids is 1. The number of nitrogens with zero attached hydrogens (tertiary/aromatic N) is 3. The van der Waals surface area contributed by atoms with Crippen molar-refractivity contribution < 1.29 is 9.53 Å². The number of carbonyl (C=O) groups is 1. The standard InChI is InChI=1S/C21H22N6O2/c22-19(28)18-21(24-15-4-2-1-3-5-15)27-20(25-16-8-12-29-13-9-16)17(26-18)14-6-10-23-11-7-14/h1-7,10-11,16H,8-9,12-13H2,(H2,22,28)(H2,24,25,27). The third-order valence-electron chi connectivity index (χ3n) is 4.68. The number of primary amides is 1. The molecule has 148 valence electrons. The minimum absolute atomic E-state index is 0.0817. The van der Waals surface area contributed by atoms with Crippen LogP contribution in [0.25, 0.3) is 11.3 Å². The molecule has 0 radical (unpaired) electrons. The highest BCUT2D eigenvalue weighted by Gasteiger charge is 2.22. The summed E-state index contributed by atoms with van der Waals surface area (Å²) in [6, 6.07) is 13.3. The van der Waals surface area contributed by atoms with Gasteiger partial charge < -0.3 is 21.1 Å². The number of nitrogens with two attached hydrogens (primary N) is 1. The fourth-order valence-corrected chi connectivity index (χ4v) is 3.20. The molecule has 0 aliphatic carbocycles. The van der Waals surface area contributed by atoms with Gasteiger partial charge >= 0.3 is 0 Å². The van der Waals surface area contributed by atoms with Crippen LogP contribution in [-0.2, 0) is 4.74 Å². The van der Waals surface area contributed by atoms with Gasteiger partial charge in [0, 0.05) is 42.9 Å². The summed E-state index contributed by atoms with van der Waals surface area (Å²) in [5.41, 5.74) is 7.85. The Hall–Kier alpha value is -3.52.